The zero-order valence-electron chi connectivity index (χ0n) is 20.1. The molecule has 4 unspecified atom stereocenters. The molecule has 29 heavy (non-hydrogen) atoms. The van der Waals surface area contributed by atoms with Crippen molar-refractivity contribution in [1.82, 2.24) is 4.90 Å². The van der Waals surface area contributed by atoms with Gasteiger partial charge in [0.15, 0.2) is 6.29 Å². The highest BCUT2D eigenvalue weighted by Crippen LogP contribution is 2.35. The molecule has 0 aromatic rings. The molecule has 1 fully saturated rings. The summed E-state index contributed by atoms with van der Waals surface area (Å²) in [6, 6.07) is 0.367. The number of carbonyl (C=O) groups is 1. The van der Waals surface area contributed by atoms with Gasteiger partial charge in [0.2, 0.25) is 0 Å². The summed E-state index contributed by atoms with van der Waals surface area (Å²) in [5.74, 6) is -0.118. The van der Waals surface area contributed by atoms with Crippen molar-refractivity contribution in [3.63, 3.8) is 0 Å². The van der Waals surface area contributed by atoms with Crippen molar-refractivity contribution in [2.45, 2.75) is 103 Å². The second-order valence-corrected chi connectivity index (χ2v) is 9.65. The number of rotatable bonds is 12. The van der Waals surface area contributed by atoms with E-state index in [0.29, 0.717) is 18.4 Å². The smallest absolute Gasteiger partial charge is 0.159 e. The highest BCUT2D eigenvalue weighted by molar-refractivity contribution is 5.53. The monoisotopic (exact) mass is 415 g/mol. The van der Waals surface area contributed by atoms with E-state index in [1.807, 2.05) is 20.8 Å². The van der Waals surface area contributed by atoms with Crippen molar-refractivity contribution >= 4 is 6.29 Å². The van der Waals surface area contributed by atoms with Gasteiger partial charge < -0.3 is 29.0 Å². The molecule has 0 radical (unpaired) electrons. The Labute approximate surface area is 178 Å². The molecule has 9 atom stereocenters. The summed E-state index contributed by atoms with van der Waals surface area (Å²) in [5.41, 5.74) is -1.06. The maximum absolute atomic E-state index is 11.5. The second-order valence-electron chi connectivity index (χ2n) is 9.65. The Hall–Kier alpha value is -0.530. The number of hydrogen-bond donors (Lipinski definition) is 1. The molecule has 0 aliphatic carbocycles. The van der Waals surface area contributed by atoms with E-state index in [1.165, 1.54) is 0 Å². The molecular weight excluding hydrogens is 370 g/mol. The summed E-state index contributed by atoms with van der Waals surface area (Å²) < 4.78 is 18.3. The molecular formula is C23H45NO5. The van der Waals surface area contributed by atoms with Crippen LogP contribution in [0.25, 0.3) is 0 Å². The van der Waals surface area contributed by atoms with Gasteiger partial charge in [0.1, 0.15) is 6.29 Å². The van der Waals surface area contributed by atoms with Crippen LogP contribution < -0.4 is 0 Å². The highest BCUT2D eigenvalue weighted by atomic mass is 16.7. The van der Waals surface area contributed by atoms with Crippen molar-refractivity contribution in [2.75, 3.05) is 21.2 Å². The van der Waals surface area contributed by atoms with Gasteiger partial charge in [-0.3, -0.25) is 0 Å². The van der Waals surface area contributed by atoms with Gasteiger partial charge in [-0.2, -0.15) is 0 Å². The van der Waals surface area contributed by atoms with Crippen LogP contribution in [-0.4, -0.2) is 73.7 Å². The summed E-state index contributed by atoms with van der Waals surface area (Å²) in [5, 5.41) is 11.5. The van der Waals surface area contributed by atoms with Crippen LogP contribution in [0.4, 0.5) is 0 Å². The Morgan fingerprint density at radius 1 is 1.28 bits per heavy atom. The first-order valence-corrected chi connectivity index (χ1v) is 11.1. The number of nitrogens with zero attached hydrogens (tertiary/aromatic N) is 1. The van der Waals surface area contributed by atoms with Crippen LogP contribution in [0.1, 0.15) is 67.2 Å². The maximum Gasteiger partial charge on any atom is 0.159 e. The van der Waals surface area contributed by atoms with Crippen LogP contribution >= 0.6 is 0 Å². The minimum atomic E-state index is -1.06. The molecule has 1 aliphatic rings. The molecule has 1 N–H and O–H groups in total. The van der Waals surface area contributed by atoms with E-state index in [-0.39, 0.29) is 24.0 Å². The Morgan fingerprint density at radius 3 is 2.38 bits per heavy atom. The predicted octanol–water partition coefficient (Wildman–Crippen LogP) is 3.50. The van der Waals surface area contributed by atoms with Crippen molar-refractivity contribution < 1.29 is 24.1 Å². The molecule has 172 valence electrons. The standard InChI is InChI=1S/C23H45NO5/c1-10-15(2)13-23(6,26)22(18(5)21(27-9)16(3)14-25)29-20-12-19(24(7)8)11-17(4)28-20/h14-22,26H,10-13H2,1-9H3/t15-,16?,17?,18-,19?,20?,21+,22+,23+/m0/s1. The molecule has 0 aromatic carbocycles. The van der Waals surface area contributed by atoms with Gasteiger partial charge in [-0.15, -0.1) is 0 Å². The SMILES string of the molecule is CC[C@H](C)C[C@@](C)(O)[C@H](OC1CC(N(C)C)CC(C)O1)[C@@H](C)[C@H](OC)C(C)C=O. The first-order chi connectivity index (χ1) is 13.5. The molecule has 0 bridgehead atoms. The Balaban J connectivity index is 3.13. The number of carbonyl (C=O) groups excluding carboxylic acids is 1. The fraction of sp³-hybridized carbons (Fsp3) is 0.957. The summed E-state index contributed by atoms with van der Waals surface area (Å²) in [6.45, 7) is 12.0. The minimum Gasteiger partial charge on any atom is -0.387 e. The zero-order valence-corrected chi connectivity index (χ0v) is 20.1. The molecule has 1 saturated heterocycles. The lowest BCUT2D eigenvalue weighted by Crippen LogP contribution is -2.54. The summed E-state index contributed by atoms with van der Waals surface area (Å²) in [4.78, 5) is 13.6. The first-order valence-electron chi connectivity index (χ1n) is 11.1. The van der Waals surface area contributed by atoms with Gasteiger partial charge in [-0.25, -0.2) is 0 Å². The van der Waals surface area contributed by atoms with Crippen LogP contribution in [0.15, 0.2) is 0 Å². The predicted molar refractivity (Wildman–Crippen MR) is 116 cm³/mol. The van der Waals surface area contributed by atoms with Gasteiger partial charge in [-0.1, -0.05) is 34.1 Å². The third-order valence-electron chi connectivity index (χ3n) is 6.55. The van der Waals surface area contributed by atoms with E-state index in [4.69, 9.17) is 14.2 Å². The molecule has 0 aromatic heterocycles. The van der Waals surface area contributed by atoms with Gasteiger partial charge in [0.05, 0.1) is 23.9 Å². The molecule has 1 aliphatic heterocycles. The zero-order chi connectivity index (χ0) is 22.4. The molecule has 0 amide bonds. The van der Waals surface area contributed by atoms with Gasteiger partial charge in [0, 0.05) is 31.4 Å². The average Bonchev–Trinajstić information content (AvgIpc) is 2.65. The van der Waals surface area contributed by atoms with Crippen LogP contribution in [0.5, 0.6) is 0 Å². The number of aldehydes is 1. The Morgan fingerprint density at radius 2 is 1.90 bits per heavy atom. The van der Waals surface area contributed by atoms with E-state index in [1.54, 1.807) is 7.11 Å². The van der Waals surface area contributed by atoms with Crippen molar-refractivity contribution in [2.24, 2.45) is 17.8 Å². The normalized spacial score (nSPS) is 30.2. The third kappa shape index (κ3) is 7.59. The Kier molecular flexibility index (Phi) is 10.7. The fourth-order valence-corrected chi connectivity index (χ4v) is 4.71. The van der Waals surface area contributed by atoms with Crippen LogP contribution in [-0.2, 0) is 19.0 Å². The quantitative estimate of drug-likeness (QED) is 0.492. The number of methoxy groups -OCH3 is 1. The summed E-state index contributed by atoms with van der Waals surface area (Å²) in [6.07, 6.45) is 3.05. The summed E-state index contributed by atoms with van der Waals surface area (Å²) in [7, 11) is 5.76. The largest absolute Gasteiger partial charge is 0.387 e. The minimum absolute atomic E-state index is 0.0868. The fourth-order valence-electron chi connectivity index (χ4n) is 4.71. The molecule has 1 rings (SSSR count). The molecule has 6 nitrogen and oxygen atoms in total. The molecule has 6 heteroatoms. The van der Waals surface area contributed by atoms with E-state index in [9.17, 15) is 9.90 Å². The van der Waals surface area contributed by atoms with Gasteiger partial charge in [0.25, 0.3) is 0 Å². The first kappa shape index (κ1) is 26.5. The number of ether oxygens (including phenoxy) is 3. The average molecular weight is 416 g/mol. The van der Waals surface area contributed by atoms with Crippen molar-refractivity contribution in [3.05, 3.63) is 0 Å². The maximum atomic E-state index is 11.5. The van der Waals surface area contributed by atoms with Crippen molar-refractivity contribution in [1.29, 1.82) is 0 Å². The van der Waals surface area contributed by atoms with Gasteiger partial charge in [-0.05, 0) is 46.7 Å². The molecule has 0 saturated carbocycles. The molecule has 1 heterocycles. The van der Waals surface area contributed by atoms with E-state index in [2.05, 4.69) is 39.8 Å². The number of aliphatic hydroxyl groups is 1. The van der Waals surface area contributed by atoms with Gasteiger partial charge >= 0.3 is 0 Å². The third-order valence-corrected chi connectivity index (χ3v) is 6.55. The topological polar surface area (TPSA) is 68.2 Å². The van der Waals surface area contributed by atoms with E-state index in [0.717, 1.165) is 25.5 Å². The van der Waals surface area contributed by atoms with E-state index < -0.39 is 18.0 Å². The van der Waals surface area contributed by atoms with E-state index >= 15 is 0 Å². The lowest BCUT2D eigenvalue weighted by atomic mass is 9.78. The van der Waals surface area contributed by atoms with Crippen LogP contribution in [0.2, 0.25) is 0 Å². The van der Waals surface area contributed by atoms with Crippen LogP contribution in [0, 0.1) is 17.8 Å². The van der Waals surface area contributed by atoms with Crippen molar-refractivity contribution in [3.8, 4) is 0 Å². The lowest BCUT2D eigenvalue weighted by molar-refractivity contribution is -0.267. The number of hydrogen-bond acceptors (Lipinski definition) is 6. The second kappa shape index (κ2) is 11.8. The molecule has 0 spiro atoms. The lowest BCUT2D eigenvalue weighted by Gasteiger charge is -2.45. The van der Waals surface area contributed by atoms with Crippen LogP contribution in [0.3, 0.4) is 0 Å². The highest BCUT2D eigenvalue weighted by Gasteiger charge is 2.44. The Bertz CT molecular complexity index is 484. The summed E-state index contributed by atoms with van der Waals surface area (Å²) >= 11 is 0.